The molecule has 0 spiro atoms. The van der Waals surface area contributed by atoms with Crippen LogP contribution in [0.2, 0.25) is 0 Å². The molecule has 1 fully saturated rings. The fraction of sp³-hybridized carbons (Fsp3) is 0.600. The van der Waals surface area contributed by atoms with E-state index in [2.05, 4.69) is 5.32 Å². The maximum Gasteiger partial charge on any atom is 0.120 e. The van der Waals surface area contributed by atoms with E-state index in [0.717, 1.165) is 37.1 Å². The molecule has 1 aliphatic carbocycles. The summed E-state index contributed by atoms with van der Waals surface area (Å²) in [6.45, 7) is 0.115. The Morgan fingerprint density at radius 1 is 1.42 bits per heavy atom. The van der Waals surface area contributed by atoms with Gasteiger partial charge in [-0.15, -0.1) is 0 Å². The molecular formula is C15H23NO3. The normalized spacial score (nSPS) is 27.0. The van der Waals surface area contributed by atoms with Crippen LogP contribution in [-0.2, 0) is 4.74 Å². The maximum atomic E-state index is 9.79. The lowest BCUT2D eigenvalue weighted by Crippen LogP contribution is -2.48. The zero-order valence-corrected chi connectivity index (χ0v) is 11.7. The van der Waals surface area contributed by atoms with Gasteiger partial charge in [0.25, 0.3) is 0 Å². The summed E-state index contributed by atoms with van der Waals surface area (Å²) < 4.78 is 10.7. The third-order valence-corrected chi connectivity index (χ3v) is 3.92. The molecule has 1 aromatic rings. The van der Waals surface area contributed by atoms with Gasteiger partial charge in [-0.05, 0) is 37.8 Å². The number of rotatable bonds is 5. The number of hydrogen-bond acceptors (Lipinski definition) is 4. The summed E-state index contributed by atoms with van der Waals surface area (Å²) in [5.41, 5.74) is 0.691. The van der Waals surface area contributed by atoms with Crippen LogP contribution in [0.25, 0.3) is 0 Å². The second kappa shape index (κ2) is 6.26. The number of benzene rings is 1. The molecule has 0 radical (unpaired) electrons. The van der Waals surface area contributed by atoms with Gasteiger partial charge in [0.05, 0.1) is 25.4 Å². The Labute approximate surface area is 114 Å². The Balaban J connectivity index is 2.12. The van der Waals surface area contributed by atoms with E-state index < -0.39 is 0 Å². The van der Waals surface area contributed by atoms with Crippen LogP contribution >= 0.6 is 0 Å². The summed E-state index contributed by atoms with van der Waals surface area (Å²) in [6.07, 6.45) is 4.14. The maximum absolute atomic E-state index is 9.79. The average molecular weight is 265 g/mol. The summed E-state index contributed by atoms with van der Waals surface area (Å²) in [6, 6.07) is 7.81. The first-order valence-corrected chi connectivity index (χ1v) is 6.77. The van der Waals surface area contributed by atoms with Crippen LogP contribution in [0.5, 0.6) is 5.75 Å². The van der Waals surface area contributed by atoms with E-state index in [4.69, 9.17) is 9.47 Å². The van der Waals surface area contributed by atoms with E-state index in [1.54, 1.807) is 14.2 Å². The van der Waals surface area contributed by atoms with Crippen molar-refractivity contribution in [3.05, 3.63) is 24.3 Å². The van der Waals surface area contributed by atoms with E-state index >= 15 is 0 Å². The Kier molecular flexibility index (Phi) is 4.66. The van der Waals surface area contributed by atoms with E-state index in [9.17, 15) is 5.11 Å². The highest BCUT2D eigenvalue weighted by Crippen LogP contribution is 2.33. The molecule has 0 heterocycles. The van der Waals surface area contributed by atoms with Crippen molar-refractivity contribution in [2.45, 2.75) is 37.3 Å². The third kappa shape index (κ3) is 3.39. The van der Waals surface area contributed by atoms with Gasteiger partial charge in [0.2, 0.25) is 0 Å². The van der Waals surface area contributed by atoms with Gasteiger partial charge in [-0.2, -0.15) is 0 Å². The van der Waals surface area contributed by atoms with Crippen LogP contribution in [0.15, 0.2) is 24.3 Å². The zero-order valence-electron chi connectivity index (χ0n) is 11.7. The van der Waals surface area contributed by atoms with Gasteiger partial charge in [-0.3, -0.25) is 0 Å². The lowest BCUT2D eigenvalue weighted by molar-refractivity contribution is 0.0307. The van der Waals surface area contributed by atoms with Crippen molar-refractivity contribution in [1.29, 1.82) is 0 Å². The molecule has 106 valence electrons. The minimum absolute atomic E-state index is 0.115. The molecule has 0 bridgehead atoms. The van der Waals surface area contributed by atoms with Crippen molar-refractivity contribution in [1.82, 2.24) is 0 Å². The first kappa shape index (κ1) is 14.2. The van der Waals surface area contributed by atoms with Gasteiger partial charge in [0.1, 0.15) is 5.75 Å². The van der Waals surface area contributed by atoms with Crippen LogP contribution in [0.1, 0.15) is 25.7 Å². The van der Waals surface area contributed by atoms with Gasteiger partial charge >= 0.3 is 0 Å². The Morgan fingerprint density at radius 2 is 2.26 bits per heavy atom. The van der Waals surface area contributed by atoms with E-state index in [0.29, 0.717) is 0 Å². The smallest absolute Gasteiger partial charge is 0.120 e. The second-order valence-corrected chi connectivity index (χ2v) is 5.25. The average Bonchev–Trinajstić information content (AvgIpc) is 2.47. The summed E-state index contributed by atoms with van der Waals surface area (Å²) in [7, 11) is 3.39. The molecule has 2 unspecified atom stereocenters. The zero-order chi connectivity index (χ0) is 13.7. The predicted molar refractivity (Wildman–Crippen MR) is 75.7 cm³/mol. The van der Waals surface area contributed by atoms with Gasteiger partial charge in [-0.25, -0.2) is 0 Å². The SMILES string of the molecule is COc1cccc(NC2(CO)CCCC(OC)C2)c1. The van der Waals surface area contributed by atoms with Crippen molar-refractivity contribution in [2.24, 2.45) is 0 Å². The summed E-state index contributed by atoms with van der Waals surface area (Å²) in [5.74, 6) is 0.817. The van der Waals surface area contributed by atoms with Crippen molar-refractivity contribution in [3.63, 3.8) is 0 Å². The topological polar surface area (TPSA) is 50.7 Å². The van der Waals surface area contributed by atoms with Crippen molar-refractivity contribution < 1.29 is 14.6 Å². The molecule has 0 saturated heterocycles. The predicted octanol–water partition coefficient (Wildman–Crippen LogP) is 2.43. The molecular weight excluding hydrogens is 242 g/mol. The number of methoxy groups -OCH3 is 2. The Morgan fingerprint density at radius 3 is 2.95 bits per heavy atom. The first-order chi connectivity index (χ1) is 9.21. The van der Waals surface area contributed by atoms with Crippen molar-refractivity contribution >= 4 is 5.69 Å². The summed E-state index contributed by atoms with van der Waals surface area (Å²) >= 11 is 0. The highest BCUT2D eigenvalue weighted by Gasteiger charge is 2.36. The van der Waals surface area contributed by atoms with Crippen LogP contribution in [0.3, 0.4) is 0 Å². The van der Waals surface area contributed by atoms with E-state index in [1.807, 2.05) is 24.3 Å². The highest BCUT2D eigenvalue weighted by atomic mass is 16.5. The quantitative estimate of drug-likeness (QED) is 0.858. The minimum atomic E-state index is -0.286. The van der Waals surface area contributed by atoms with Gasteiger partial charge in [0.15, 0.2) is 0 Å². The van der Waals surface area contributed by atoms with Crippen LogP contribution in [0.4, 0.5) is 5.69 Å². The van der Waals surface area contributed by atoms with Gasteiger partial charge < -0.3 is 19.9 Å². The number of aliphatic hydroxyl groups excluding tert-OH is 1. The van der Waals surface area contributed by atoms with Crippen LogP contribution in [0, 0.1) is 0 Å². The lowest BCUT2D eigenvalue weighted by atomic mass is 9.80. The molecule has 1 saturated carbocycles. The molecule has 1 aromatic carbocycles. The second-order valence-electron chi connectivity index (χ2n) is 5.25. The molecule has 0 aliphatic heterocycles. The summed E-state index contributed by atoms with van der Waals surface area (Å²) in [4.78, 5) is 0. The highest BCUT2D eigenvalue weighted by molar-refractivity contribution is 5.50. The molecule has 1 aliphatic rings. The molecule has 4 heteroatoms. The van der Waals surface area contributed by atoms with E-state index in [1.165, 1.54) is 0 Å². The molecule has 0 aromatic heterocycles. The van der Waals surface area contributed by atoms with Gasteiger partial charge in [0, 0.05) is 18.9 Å². The van der Waals surface area contributed by atoms with Gasteiger partial charge in [-0.1, -0.05) is 6.07 Å². The lowest BCUT2D eigenvalue weighted by Gasteiger charge is -2.40. The summed E-state index contributed by atoms with van der Waals surface area (Å²) in [5, 5.41) is 13.3. The minimum Gasteiger partial charge on any atom is -0.497 e. The molecule has 2 atom stereocenters. The van der Waals surface area contributed by atoms with Crippen LogP contribution < -0.4 is 10.1 Å². The number of aliphatic hydroxyl groups is 1. The van der Waals surface area contributed by atoms with E-state index in [-0.39, 0.29) is 18.2 Å². The molecule has 4 nitrogen and oxygen atoms in total. The third-order valence-electron chi connectivity index (χ3n) is 3.92. The molecule has 0 amide bonds. The first-order valence-electron chi connectivity index (χ1n) is 6.77. The number of nitrogens with one attached hydrogen (secondary N) is 1. The Bertz CT molecular complexity index is 410. The van der Waals surface area contributed by atoms with Crippen molar-refractivity contribution in [3.8, 4) is 5.75 Å². The standard InChI is InChI=1S/C15H23NO3/c1-18-13-6-3-5-12(9-13)16-15(11-17)8-4-7-14(10-15)19-2/h3,5-6,9,14,16-17H,4,7-8,10-11H2,1-2H3. The Hall–Kier alpha value is -1.26. The molecule has 19 heavy (non-hydrogen) atoms. The number of hydrogen-bond donors (Lipinski definition) is 2. The monoisotopic (exact) mass is 265 g/mol. The number of anilines is 1. The van der Waals surface area contributed by atoms with Crippen molar-refractivity contribution in [2.75, 3.05) is 26.1 Å². The molecule has 2 rings (SSSR count). The fourth-order valence-electron chi connectivity index (χ4n) is 2.81. The largest absolute Gasteiger partial charge is 0.497 e. The fourth-order valence-corrected chi connectivity index (χ4v) is 2.81. The number of ether oxygens (including phenoxy) is 2. The van der Waals surface area contributed by atoms with Crippen LogP contribution in [-0.4, -0.2) is 37.6 Å². The molecule has 2 N–H and O–H groups in total.